The molecule has 0 radical (unpaired) electrons. The average molecular weight is 382 g/mol. The van der Waals surface area contributed by atoms with Crippen molar-refractivity contribution in [3.63, 3.8) is 0 Å². The van der Waals surface area contributed by atoms with E-state index in [4.69, 9.17) is 11.6 Å². The fourth-order valence-corrected chi connectivity index (χ4v) is 3.12. The van der Waals surface area contributed by atoms with Gasteiger partial charge in [-0.15, -0.1) is 0 Å². The Morgan fingerprint density at radius 3 is 2.42 bits per heavy atom. The highest BCUT2D eigenvalue weighted by Gasteiger charge is 2.26. The van der Waals surface area contributed by atoms with Crippen LogP contribution in [0.1, 0.15) is 18.9 Å². The quantitative estimate of drug-likeness (QED) is 0.741. The molecule has 8 heteroatoms. The molecule has 2 amide bonds. The summed E-state index contributed by atoms with van der Waals surface area (Å²) in [4.78, 5) is 38.7. The highest BCUT2D eigenvalue weighted by Crippen LogP contribution is 2.15. The number of carboxylic acids is 1. The van der Waals surface area contributed by atoms with Crippen LogP contribution < -0.4 is 5.32 Å². The summed E-state index contributed by atoms with van der Waals surface area (Å²) in [6, 6.07) is 7.18. The second-order valence-corrected chi connectivity index (χ2v) is 6.82. The summed E-state index contributed by atoms with van der Waals surface area (Å²) in [5, 5.41) is 12.7. The highest BCUT2D eigenvalue weighted by atomic mass is 35.5. The summed E-state index contributed by atoms with van der Waals surface area (Å²) in [6.45, 7) is 4.48. The van der Waals surface area contributed by atoms with Crippen LogP contribution in [0.2, 0.25) is 5.02 Å². The topological polar surface area (TPSA) is 90.0 Å². The molecule has 0 unspecified atom stereocenters. The zero-order valence-corrected chi connectivity index (χ0v) is 15.5. The molecule has 1 saturated heterocycles. The third-order valence-corrected chi connectivity index (χ3v) is 4.88. The molecule has 26 heavy (non-hydrogen) atoms. The minimum atomic E-state index is -0.994. The molecule has 0 saturated carbocycles. The smallest absolute Gasteiger partial charge is 0.308 e. The van der Waals surface area contributed by atoms with Crippen molar-refractivity contribution in [2.24, 2.45) is 5.92 Å². The molecule has 2 rings (SSSR count). The molecule has 1 aliphatic heterocycles. The number of hydrogen-bond donors (Lipinski definition) is 2. The Kier molecular flexibility index (Phi) is 7.41. The zero-order valence-electron chi connectivity index (χ0n) is 14.8. The van der Waals surface area contributed by atoms with E-state index in [0.717, 1.165) is 5.56 Å². The first kappa shape index (κ1) is 20.2. The second-order valence-electron chi connectivity index (χ2n) is 6.41. The van der Waals surface area contributed by atoms with Crippen LogP contribution in [0, 0.1) is 5.92 Å². The van der Waals surface area contributed by atoms with Crippen LogP contribution in [0.4, 0.5) is 0 Å². The van der Waals surface area contributed by atoms with E-state index in [2.05, 4.69) is 5.32 Å². The van der Waals surface area contributed by atoms with E-state index in [0.29, 0.717) is 37.7 Å². The van der Waals surface area contributed by atoms with Gasteiger partial charge in [-0.2, -0.15) is 0 Å². The molecule has 0 spiro atoms. The molecule has 7 nitrogen and oxygen atoms in total. The molecule has 0 bridgehead atoms. The van der Waals surface area contributed by atoms with Crippen LogP contribution in [-0.4, -0.2) is 65.4 Å². The van der Waals surface area contributed by atoms with Gasteiger partial charge in [0.25, 0.3) is 0 Å². The van der Waals surface area contributed by atoms with Crippen molar-refractivity contribution in [2.45, 2.75) is 19.9 Å². The minimum absolute atomic E-state index is 0.0263. The lowest BCUT2D eigenvalue weighted by Gasteiger charge is -2.35. The van der Waals surface area contributed by atoms with Crippen LogP contribution in [0.15, 0.2) is 24.3 Å². The molecule has 1 heterocycles. The Morgan fingerprint density at radius 2 is 1.85 bits per heavy atom. The fourth-order valence-electron chi connectivity index (χ4n) is 2.92. The number of carbonyl (C=O) groups is 3. The van der Waals surface area contributed by atoms with E-state index in [1.165, 1.54) is 6.92 Å². The van der Waals surface area contributed by atoms with Gasteiger partial charge in [0.05, 0.1) is 5.92 Å². The summed E-state index contributed by atoms with van der Waals surface area (Å²) in [5.74, 6) is -2.07. The number of benzene rings is 1. The monoisotopic (exact) mass is 381 g/mol. The first-order chi connectivity index (χ1) is 12.4. The van der Waals surface area contributed by atoms with Crippen LogP contribution in [0.3, 0.4) is 0 Å². The number of carbonyl (C=O) groups excluding carboxylic acids is 2. The SMILES string of the molecule is CC(=O)N1CCN(C[C@@H](CC(=O)NCc2ccccc2Cl)C(=O)O)CC1. The van der Waals surface area contributed by atoms with Crippen molar-refractivity contribution in [3.05, 3.63) is 34.9 Å². The van der Waals surface area contributed by atoms with Gasteiger partial charge in [-0.25, -0.2) is 0 Å². The lowest BCUT2D eigenvalue weighted by Crippen LogP contribution is -2.50. The van der Waals surface area contributed by atoms with Crippen molar-refractivity contribution >= 4 is 29.4 Å². The van der Waals surface area contributed by atoms with Crippen LogP contribution in [0.5, 0.6) is 0 Å². The molecule has 2 N–H and O–H groups in total. The Morgan fingerprint density at radius 1 is 1.19 bits per heavy atom. The van der Waals surface area contributed by atoms with E-state index in [1.807, 2.05) is 17.0 Å². The van der Waals surface area contributed by atoms with E-state index in [9.17, 15) is 19.5 Å². The highest BCUT2D eigenvalue weighted by molar-refractivity contribution is 6.31. The van der Waals surface area contributed by atoms with E-state index in [1.54, 1.807) is 17.0 Å². The van der Waals surface area contributed by atoms with Crippen molar-refractivity contribution in [1.82, 2.24) is 15.1 Å². The summed E-state index contributed by atoms with van der Waals surface area (Å²) >= 11 is 6.05. The Labute approximate surface area is 157 Å². The predicted octanol–water partition coefficient (Wildman–Crippen LogP) is 1.21. The van der Waals surface area contributed by atoms with Gasteiger partial charge in [-0.05, 0) is 11.6 Å². The standard InChI is InChI=1S/C18H24ClN3O4/c1-13(23)22-8-6-21(7-9-22)12-15(18(25)26)10-17(24)20-11-14-4-2-3-5-16(14)19/h2-5,15H,6-12H2,1H3,(H,20,24)(H,25,26)/t15-/m1/s1. The molecule has 1 atom stereocenters. The van der Waals surface area contributed by atoms with E-state index >= 15 is 0 Å². The van der Waals surface area contributed by atoms with Gasteiger partial charge in [-0.3, -0.25) is 19.3 Å². The minimum Gasteiger partial charge on any atom is -0.481 e. The predicted molar refractivity (Wildman–Crippen MR) is 97.7 cm³/mol. The van der Waals surface area contributed by atoms with Crippen molar-refractivity contribution in [1.29, 1.82) is 0 Å². The van der Waals surface area contributed by atoms with Crippen molar-refractivity contribution in [3.8, 4) is 0 Å². The molecule has 1 aromatic rings. The summed E-state index contributed by atoms with van der Waals surface area (Å²) in [7, 11) is 0. The van der Waals surface area contributed by atoms with E-state index in [-0.39, 0.29) is 24.8 Å². The van der Waals surface area contributed by atoms with E-state index < -0.39 is 11.9 Å². The summed E-state index contributed by atoms with van der Waals surface area (Å²) in [6.07, 6.45) is -0.0906. The Bertz CT molecular complexity index is 660. The molecule has 1 fully saturated rings. The molecular formula is C18H24ClN3O4. The molecule has 0 aromatic heterocycles. The fraction of sp³-hybridized carbons (Fsp3) is 0.500. The van der Waals surface area contributed by atoms with Crippen LogP contribution in [-0.2, 0) is 20.9 Å². The number of halogens is 1. The molecular weight excluding hydrogens is 358 g/mol. The number of nitrogens with one attached hydrogen (secondary N) is 1. The molecule has 1 aliphatic rings. The molecule has 1 aromatic carbocycles. The number of amides is 2. The van der Waals surface area contributed by atoms with Gasteiger partial charge in [0, 0.05) is 57.6 Å². The maximum atomic E-state index is 12.1. The first-order valence-corrected chi connectivity index (χ1v) is 8.95. The zero-order chi connectivity index (χ0) is 19.1. The Hall–Kier alpha value is -2.12. The van der Waals surface area contributed by atoms with Gasteiger partial charge in [0.15, 0.2) is 0 Å². The Balaban J connectivity index is 1.82. The number of carboxylic acid groups (broad SMARTS) is 1. The lowest BCUT2D eigenvalue weighted by molar-refractivity contribution is -0.145. The number of nitrogens with zero attached hydrogens (tertiary/aromatic N) is 2. The van der Waals surface area contributed by atoms with Gasteiger partial charge in [0.1, 0.15) is 0 Å². The van der Waals surface area contributed by atoms with Crippen LogP contribution in [0.25, 0.3) is 0 Å². The third-order valence-electron chi connectivity index (χ3n) is 4.51. The lowest BCUT2D eigenvalue weighted by atomic mass is 10.0. The number of piperazine rings is 1. The van der Waals surface area contributed by atoms with Gasteiger partial charge < -0.3 is 15.3 Å². The molecule has 0 aliphatic carbocycles. The normalized spacial score (nSPS) is 16.2. The second kappa shape index (κ2) is 9.54. The number of rotatable bonds is 7. The summed E-state index contributed by atoms with van der Waals surface area (Å²) < 4.78 is 0. The van der Waals surface area contributed by atoms with Crippen molar-refractivity contribution < 1.29 is 19.5 Å². The van der Waals surface area contributed by atoms with Crippen LogP contribution >= 0.6 is 11.6 Å². The van der Waals surface area contributed by atoms with Gasteiger partial charge in [-0.1, -0.05) is 29.8 Å². The first-order valence-electron chi connectivity index (χ1n) is 8.57. The average Bonchev–Trinajstić information content (AvgIpc) is 2.61. The maximum Gasteiger partial charge on any atom is 0.308 e. The van der Waals surface area contributed by atoms with Crippen molar-refractivity contribution in [2.75, 3.05) is 32.7 Å². The molecule has 142 valence electrons. The largest absolute Gasteiger partial charge is 0.481 e. The number of aliphatic carboxylic acids is 1. The number of hydrogen-bond acceptors (Lipinski definition) is 4. The maximum absolute atomic E-state index is 12.1. The third kappa shape index (κ3) is 6.00. The van der Waals surface area contributed by atoms with Gasteiger partial charge >= 0.3 is 5.97 Å². The van der Waals surface area contributed by atoms with Gasteiger partial charge in [0.2, 0.25) is 11.8 Å². The summed E-state index contributed by atoms with van der Waals surface area (Å²) in [5.41, 5.74) is 0.787.